The largest absolute Gasteiger partial charge is 0.395 e. The molecule has 0 fully saturated rings. The van der Waals surface area contributed by atoms with Gasteiger partial charge in [0.05, 0.1) is 22.6 Å². The highest BCUT2D eigenvalue weighted by atomic mass is 35.5. The van der Waals surface area contributed by atoms with Crippen molar-refractivity contribution in [2.24, 2.45) is 22.2 Å². The molecule has 3 aromatic rings. The van der Waals surface area contributed by atoms with Gasteiger partial charge in [0.15, 0.2) is 5.96 Å². The van der Waals surface area contributed by atoms with Gasteiger partial charge in [0.1, 0.15) is 5.69 Å². The summed E-state index contributed by atoms with van der Waals surface area (Å²) in [4.78, 5) is 35.5. The molecule has 1 aromatic carbocycles. The third kappa shape index (κ3) is 3.22. The molecular weight excluding hydrogens is 366 g/mol. The number of pyridine rings is 1. The summed E-state index contributed by atoms with van der Waals surface area (Å²) >= 11 is 1.23. The van der Waals surface area contributed by atoms with Gasteiger partial charge in [-0.05, 0) is 11.6 Å². The number of hydrogen-bond acceptors (Lipinski definition) is 8. The predicted molar refractivity (Wildman–Crippen MR) is 101 cm³/mol. The first-order valence-electron chi connectivity index (χ1n) is 6.77. The Labute approximate surface area is 151 Å². The Morgan fingerprint density at radius 3 is 2.44 bits per heavy atom. The van der Waals surface area contributed by atoms with Gasteiger partial charge in [-0.15, -0.1) is 23.7 Å². The molecule has 8 N–H and O–H groups in total. The van der Waals surface area contributed by atoms with E-state index in [9.17, 15) is 9.59 Å². The SMILES string of the molecule is Cl.NCc1ccc(-c2c(N)c(=O)c2=O)nc1-c1csc(N=C(N)N)n1. The first kappa shape index (κ1) is 18.5. The molecule has 25 heavy (non-hydrogen) atoms. The van der Waals surface area contributed by atoms with Crippen LogP contribution < -0.4 is 33.8 Å². The molecule has 2 heterocycles. The van der Waals surface area contributed by atoms with Gasteiger partial charge in [-0.1, -0.05) is 6.07 Å². The summed E-state index contributed by atoms with van der Waals surface area (Å²) in [7, 11) is 0. The summed E-state index contributed by atoms with van der Waals surface area (Å²) in [5.41, 5.74) is 22.7. The van der Waals surface area contributed by atoms with Gasteiger partial charge in [0.2, 0.25) is 16.0 Å². The summed E-state index contributed by atoms with van der Waals surface area (Å²) in [6.07, 6.45) is 0. The molecule has 0 spiro atoms. The molecule has 0 aliphatic heterocycles. The lowest BCUT2D eigenvalue weighted by Gasteiger charge is -2.10. The first-order chi connectivity index (χ1) is 11.4. The highest BCUT2D eigenvalue weighted by Crippen LogP contribution is 2.30. The molecule has 0 bridgehead atoms. The molecule has 0 aliphatic carbocycles. The van der Waals surface area contributed by atoms with E-state index in [1.807, 2.05) is 0 Å². The Morgan fingerprint density at radius 2 is 1.84 bits per heavy atom. The van der Waals surface area contributed by atoms with Crippen molar-refractivity contribution in [1.29, 1.82) is 0 Å². The quantitative estimate of drug-likeness (QED) is 0.274. The second-order valence-corrected chi connectivity index (χ2v) is 5.74. The minimum atomic E-state index is -0.694. The van der Waals surface area contributed by atoms with Gasteiger partial charge in [-0.3, -0.25) is 9.59 Å². The van der Waals surface area contributed by atoms with E-state index >= 15 is 0 Å². The minimum absolute atomic E-state index is 0. The van der Waals surface area contributed by atoms with E-state index in [1.165, 1.54) is 11.3 Å². The van der Waals surface area contributed by atoms with E-state index in [2.05, 4.69) is 15.0 Å². The second-order valence-electron chi connectivity index (χ2n) is 4.91. The maximum atomic E-state index is 11.7. The Balaban J connectivity index is 0.00000225. The Hall–Kier alpha value is -2.82. The number of nitrogens with zero attached hydrogens (tertiary/aromatic N) is 3. The lowest BCUT2D eigenvalue weighted by Crippen LogP contribution is -2.36. The molecule has 0 aliphatic rings. The van der Waals surface area contributed by atoms with Crippen molar-refractivity contribution in [2.45, 2.75) is 6.54 Å². The number of anilines is 1. The topological polar surface area (TPSA) is 176 Å². The smallest absolute Gasteiger partial charge is 0.250 e. The van der Waals surface area contributed by atoms with Crippen molar-refractivity contribution in [3.8, 4) is 22.6 Å². The second kappa shape index (κ2) is 6.97. The van der Waals surface area contributed by atoms with Crippen LogP contribution in [0.5, 0.6) is 0 Å². The van der Waals surface area contributed by atoms with E-state index in [0.29, 0.717) is 22.2 Å². The molecule has 0 unspecified atom stereocenters. The van der Waals surface area contributed by atoms with E-state index in [1.54, 1.807) is 17.5 Å². The summed E-state index contributed by atoms with van der Waals surface area (Å²) in [6, 6.07) is 3.31. The van der Waals surface area contributed by atoms with Gasteiger partial charge in [-0.2, -0.15) is 4.99 Å². The van der Waals surface area contributed by atoms with E-state index < -0.39 is 10.9 Å². The lowest BCUT2D eigenvalue weighted by molar-refractivity contribution is 1.05. The van der Waals surface area contributed by atoms with Gasteiger partial charge in [0.25, 0.3) is 0 Å². The Kier molecular flexibility index (Phi) is 5.16. The van der Waals surface area contributed by atoms with Crippen LogP contribution in [-0.4, -0.2) is 15.9 Å². The van der Waals surface area contributed by atoms with Gasteiger partial charge in [0, 0.05) is 11.9 Å². The van der Waals surface area contributed by atoms with Crippen molar-refractivity contribution in [1.82, 2.24) is 9.97 Å². The molecule has 130 valence electrons. The lowest BCUT2D eigenvalue weighted by atomic mass is 10.0. The number of hydrogen-bond donors (Lipinski definition) is 4. The number of rotatable bonds is 4. The van der Waals surface area contributed by atoms with Crippen LogP contribution in [0.3, 0.4) is 0 Å². The Bertz CT molecular complexity index is 1030. The fraction of sp³-hybridized carbons (Fsp3) is 0.0714. The van der Waals surface area contributed by atoms with Crippen LogP contribution in [0.2, 0.25) is 0 Å². The van der Waals surface area contributed by atoms with Crippen LogP contribution >= 0.6 is 23.7 Å². The third-order valence-electron chi connectivity index (χ3n) is 3.36. The zero-order valence-corrected chi connectivity index (χ0v) is 14.4. The molecule has 0 radical (unpaired) electrons. The van der Waals surface area contributed by atoms with Crippen LogP contribution in [0.1, 0.15) is 5.56 Å². The van der Waals surface area contributed by atoms with Gasteiger partial charge < -0.3 is 22.9 Å². The maximum absolute atomic E-state index is 11.7. The summed E-state index contributed by atoms with van der Waals surface area (Å²) < 4.78 is 0. The fourth-order valence-corrected chi connectivity index (χ4v) is 2.90. The molecular formula is C14H14ClN7O2S. The van der Waals surface area contributed by atoms with Crippen LogP contribution in [-0.2, 0) is 6.54 Å². The normalized spacial score (nSPS) is 10.4. The molecule has 0 saturated carbocycles. The molecule has 0 saturated heterocycles. The first-order valence-corrected chi connectivity index (χ1v) is 7.65. The summed E-state index contributed by atoms with van der Waals surface area (Å²) in [5.74, 6) is -0.104. The predicted octanol–water partition coefficient (Wildman–Crippen LogP) is -0.164. The minimum Gasteiger partial charge on any atom is -0.395 e. The molecule has 11 heteroatoms. The van der Waals surface area contributed by atoms with E-state index in [-0.39, 0.29) is 36.2 Å². The number of halogens is 1. The molecule has 9 nitrogen and oxygen atoms in total. The average Bonchev–Trinajstić information content (AvgIpc) is 3.02. The van der Waals surface area contributed by atoms with Crippen molar-refractivity contribution < 1.29 is 0 Å². The van der Waals surface area contributed by atoms with Crippen molar-refractivity contribution in [2.75, 3.05) is 5.73 Å². The zero-order chi connectivity index (χ0) is 17.4. The number of aromatic nitrogens is 2. The number of thiazole rings is 1. The zero-order valence-electron chi connectivity index (χ0n) is 12.7. The van der Waals surface area contributed by atoms with Crippen LogP contribution in [0, 0.1) is 0 Å². The van der Waals surface area contributed by atoms with Gasteiger partial charge >= 0.3 is 0 Å². The van der Waals surface area contributed by atoms with Gasteiger partial charge in [-0.25, -0.2) is 9.97 Å². The highest BCUT2D eigenvalue weighted by molar-refractivity contribution is 7.13. The number of aliphatic imine (C=N–C) groups is 1. The summed E-state index contributed by atoms with van der Waals surface area (Å²) in [5, 5.41) is 2.09. The fourth-order valence-electron chi connectivity index (χ4n) is 2.21. The molecule has 2 aromatic heterocycles. The van der Waals surface area contributed by atoms with Crippen molar-refractivity contribution in [3.63, 3.8) is 0 Å². The van der Waals surface area contributed by atoms with Crippen LogP contribution in [0.15, 0.2) is 32.1 Å². The number of guanidine groups is 1. The average molecular weight is 380 g/mol. The molecule has 3 rings (SSSR count). The third-order valence-corrected chi connectivity index (χ3v) is 4.10. The highest BCUT2D eigenvalue weighted by Gasteiger charge is 2.22. The monoisotopic (exact) mass is 379 g/mol. The van der Waals surface area contributed by atoms with Crippen molar-refractivity contribution >= 4 is 40.5 Å². The van der Waals surface area contributed by atoms with Crippen LogP contribution in [0.4, 0.5) is 10.8 Å². The van der Waals surface area contributed by atoms with Crippen molar-refractivity contribution in [3.05, 3.63) is 43.5 Å². The number of nitrogens with two attached hydrogens (primary N) is 4. The summed E-state index contributed by atoms with van der Waals surface area (Å²) in [6.45, 7) is 0.221. The number of nitrogen functional groups attached to an aromatic ring is 1. The Morgan fingerprint density at radius 1 is 1.12 bits per heavy atom. The van der Waals surface area contributed by atoms with E-state index in [4.69, 9.17) is 22.9 Å². The molecule has 0 amide bonds. The van der Waals surface area contributed by atoms with Crippen LogP contribution in [0.25, 0.3) is 22.6 Å². The molecule has 0 atom stereocenters. The standard InChI is InChI=1S/C14H13N7O2S.ClH/c15-3-5-1-2-6(8-9(16)12(23)11(8)22)19-10(5)7-4-24-14(20-7)21-13(17)18;/h1-2,4H,3,15-16H2,(H4,17,18,20,21);1H. The maximum Gasteiger partial charge on any atom is 0.250 e. The van der Waals surface area contributed by atoms with E-state index in [0.717, 1.165) is 5.56 Å².